The van der Waals surface area contributed by atoms with Gasteiger partial charge in [0.05, 0.1) is 24.2 Å². The smallest absolute Gasteiger partial charge is 0.427 e. The van der Waals surface area contributed by atoms with Crippen molar-refractivity contribution in [2.24, 2.45) is 5.10 Å². The van der Waals surface area contributed by atoms with E-state index in [1.807, 2.05) is 0 Å². The number of hydrogen-bond donors (Lipinski definition) is 2. The molecule has 0 saturated heterocycles. The third-order valence-corrected chi connectivity index (χ3v) is 3.34. The predicted octanol–water partition coefficient (Wildman–Crippen LogP) is 2.66. The molecule has 1 atom stereocenters. The molecule has 2 N–H and O–H groups in total. The first-order chi connectivity index (χ1) is 10.5. The molecule has 0 spiro atoms. The molecule has 0 bridgehead atoms. The van der Waals surface area contributed by atoms with Crippen LogP contribution in [0, 0.1) is 0 Å². The third-order valence-electron chi connectivity index (χ3n) is 3.34. The Labute approximate surface area is 127 Å². The third kappa shape index (κ3) is 3.55. The summed E-state index contributed by atoms with van der Waals surface area (Å²) in [5.41, 5.74) is 2.55. The van der Waals surface area contributed by atoms with Gasteiger partial charge in [-0.1, -0.05) is 0 Å². The summed E-state index contributed by atoms with van der Waals surface area (Å²) in [7, 11) is 0. The lowest BCUT2D eigenvalue weighted by molar-refractivity contribution is -0.116. The van der Waals surface area contributed by atoms with Gasteiger partial charge in [0.25, 0.3) is 0 Å². The van der Waals surface area contributed by atoms with E-state index in [-0.39, 0.29) is 41.8 Å². The fourth-order valence-corrected chi connectivity index (χ4v) is 2.38. The number of rotatable bonds is 4. The van der Waals surface area contributed by atoms with Gasteiger partial charge in [0.15, 0.2) is 5.78 Å². The summed E-state index contributed by atoms with van der Waals surface area (Å²) in [5, 5.41) is 13.9. The number of carbonyl (C=O) groups excluding carboxylic acids is 2. The van der Waals surface area contributed by atoms with Crippen molar-refractivity contribution < 1.29 is 23.8 Å². The maximum atomic E-state index is 12.2. The van der Waals surface area contributed by atoms with Gasteiger partial charge in [0.2, 0.25) is 0 Å². The van der Waals surface area contributed by atoms with E-state index in [1.165, 1.54) is 6.26 Å². The SMILES string of the molecule is CCOC(=O)N/N=C(\C)C1=C(O)CC(c2ccco2)CC1=O. The van der Waals surface area contributed by atoms with Gasteiger partial charge in [-0.05, 0) is 26.0 Å². The number of Topliss-reactive ketones (excluding diaryl/α,β-unsaturated/α-hetero) is 1. The first-order valence-electron chi connectivity index (χ1n) is 6.99. The highest BCUT2D eigenvalue weighted by Crippen LogP contribution is 2.34. The second-order valence-electron chi connectivity index (χ2n) is 4.89. The second kappa shape index (κ2) is 6.93. The fourth-order valence-electron chi connectivity index (χ4n) is 2.38. The molecular formula is C15H18N2O5. The number of nitrogens with zero attached hydrogens (tertiary/aromatic N) is 1. The largest absolute Gasteiger partial charge is 0.511 e. The van der Waals surface area contributed by atoms with Crippen molar-refractivity contribution >= 4 is 17.6 Å². The summed E-state index contributed by atoms with van der Waals surface area (Å²) in [6.07, 6.45) is 1.34. The van der Waals surface area contributed by atoms with Crippen LogP contribution >= 0.6 is 0 Å². The molecule has 1 unspecified atom stereocenters. The van der Waals surface area contributed by atoms with Crippen molar-refractivity contribution in [2.45, 2.75) is 32.6 Å². The van der Waals surface area contributed by atoms with Crippen molar-refractivity contribution in [1.82, 2.24) is 5.43 Å². The van der Waals surface area contributed by atoms with Gasteiger partial charge < -0.3 is 14.3 Å². The Morgan fingerprint density at radius 2 is 2.32 bits per heavy atom. The number of nitrogens with one attached hydrogen (secondary N) is 1. The Bertz CT molecular complexity index is 616. The topological polar surface area (TPSA) is 101 Å². The summed E-state index contributed by atoms with van der Waals surface area (Å²) in [4.78, 5) is 23.4. The fraction of sp³-hybridized carbons (Fsp3) is 0.400. The zero-order chi connectivity index (χ0) is 16.1. The average Bonchev–Trinajstić information content (AvgIpc) is 2.99. The van der Waals surface area contributed by atoms with Crippen LogP contribution < -0.4 is 5.43 Å². The van der Waals surface area contributed by atoms with Crippen LogP contribution in [0.5, 0.6) is 0 Å². The normalized spacial score (nSPS) is 19.3. The van der Waals surface area contributed by atoms with E-state index in [2.05, 4.69) is 15.3 Å². The highest BCUT2D eigenvalue weighted by atomic mass is 16.5. The molecule has 1 amide bonds. The van der Waals surface area contributed by atoms with E-state index in [9.17, 15) is 14.7 Å². The number of aliphatic hydroxyl groups excluding tert-OH is 1. The van der Waals surface area contributed by atoms with Crippen molar-refractivity contribution in [3.05, 3.63) is 35.5 Å². The first kappa shape index (κ1) is 15.8. The number of allylic oxidation sites excluding steroid dienone is 2. The van der Waals surface area contributed by atoms with E-state index < -0.39 is 6.09 Å². The predicted molar refractivity (Wildman–Crippen MR) is 78.6 cm³/mol. The number of aliphatic hydroxyl groups is 1. The summed E-state index contributed by atoms with van der Waals surface area (Å²) < 4.78 is 9.95. The lowest BCUT2D eigenvalue weighted by Gasteiger charge is -2.21. The lowest BCUT2D eigenvalue weighted by atomic mass is 9.84. The average molecular weight is 306 g/mol. The molecule has 0 radical (unpaired) electrons. The van der Waals surface area contributed by atoms with Crippen LogP contribution in [-0.2, 0) is 9.53 Å². The van der Waals surface area contributed by atoms with Crippen LogP contribution in [0.4, 0.5) is 4.79 Å². The molecule has 1 aliphatic carbocycles. The molecule has 1 heterocycles. The Morgan fingerprint density at radius 3 is 2.91 bits per heavy atom. The highest BCUT2D eigenvalue weighted by molar-refractivity contribution is 6.22. The molecule has 0 saturated carbocycles. The van der Waals surface area contributed by atoms with E-state index in [0.717, 1.165) is 0 Å². The van der Waals surface area contributed by atoms with Gasteiger partial charge >= 0.3 is 6.09 Å². The molecule has 1 aromatic heterocycles. The maximum absolute atomic E-state index is 12.2. The van der Waals surface area contributed by atoms with Crippen molar-refractivity contribution in [1.29, 1.82) is 0 Å². The minimum Gasteiger partial charge on any atom is -0.511 e. The van der Waals surface area contributed by atoms with Crippen molar-refractivity contribution in [3.8, 4) is 0 Å². The lowest BCUT2D eigenvalue weighted by Crippen LogP contribution is -2.25. The van der Waals surface area contributed by atoms with E-state index in [0.29, 0.717) is 12.2 Å². The van der Waals surface area contributed by atoms with E-state index in [1.54, 1.807) is 26.0 Å². The number of amides is 1. The van der Waals surface area contributed by atoms with Gasteiger partial charge in [-0.3, -0.25) is 4.79 Å². The van der Waals surface area contributed by atoms with Crippen LogP contribution in [0.2, 0.25) is 0 Å². The summed E-state index contributed by atoms with van der Waals surface area (Å²) in [5.74, 6) is 0.192. The molecule has 1 aromatic rings. The van der Waals surface area contributed by atoms with E-state index in [4.69, 9.17) is 4.42 Å². The number of hydrogen-bond acceptors (Lipinski definition) is 6. The van der Waals surface area contributed by atoms with Gasteiger partial charge in [0.1, 0.15) is 11.5 Å². The summed E-state index contributed by atoms with van der Waals surface area (Å²) in [6.45, 7) is 3.44. The maximum Gasteiger partial charge on any atom is 0.427 e. The Kier molecular flexibility index (Phi) is 4.98. The number of hydrazone groups is 1. The monoisotopic (exact) mass is 306 g/mol. The standard InChI is InChI=1S/C15H18N2O5/c1-3-21-15(20)17-16-9(2)14-11(18)7-10(8-12(14)19)13-5-4-6-22-13/h4-6,10,18H,3,7-8H2,1-2H3,(H,17,20)/b16-9+. The quantitative estimate of drug-likeness (QED) is 0.658. The zero-order valence-corrected chi connectivity index (χ0v) is 12.5. The first-order valence-corrected chi connectivity index (χ1v) is 6.99. The molecule has 1 aliphatic rings. The Morgan fingerprint density at radius 1 is 1.55 bits per heavy atom. The van der Waals surface area contributed by atoms with Gasteiger partial charge in [-0.2, -0.15) is 5.10 Å². The van der Waals surface area contributed by atoms with Crippen LogP contribution in [0.1, 0.15) is 38.4 Å². The van der Waals surface area contributed by atoms with Crippen molar-refractivity contribution in [2.75, 3.05) is 6.61 Å². The molecule has 7 nitrogen and oxygen atoms in total. The van der Waals surface area contributed by atoms with Gasteiger partial charge in [-0.25, -0.2) is 10.2 Å². The van der Waals surface area contributed by atoms with Crippen molar-refractivity contribution in [3.63, 3.8) is 0 Å². The molecule has 0 aliphatic heterocycles. The molecule has 2 rings (SSSR count). The Balaban J connectivity index is 2.13. The molecular weight excluding hydrogens is 288 g/mol. The number of furan rings is 1. The highest BCUT2D eigenvalue weighted by Gasteiger charge is 2.31. The van der Waals surface area contributed by atoms with Crippen LogP contribution in [0.15, 0.2) is 39.2 Å². The molecule has 22 heavy (non-hydrogen) atoms. The zero-order valence-electron chi connectivity index (χ0n) is 12.5. The second-order valence-corrected chi connectivity index (χ2v) is 4.89. The molecule has 118 valence electrons. The van der Waals surface area contributed by atoms with Crippen LogP contribution in [0.3, 0.4) is 0 Å². The minimum atomic E-state index is -0.710. The molecule has 0 fully saturated rings. The van der Waals surface area contributed by atoms with Crippen LogP contribution in [-0.4, -0.2) is 29.3 Å². The summed E-state index contributed by atoms with van der Waals surface area (Å²) >= 11 is 0. The van der Waals surface area contributed by atoms with Gasteiger partial charge in [0, 0.05) is 18.8 Å². The number of carbonyl (C=O) groups is 2. The van der Waals surface area contributed by atoms with E-state index >= 15 is 0 Å². The Hall–Kier alpha value is -2.57. The number of ketones is 1. The minimum absolute atomic E-state index is 0.0513. The van der Waals surface area contributed by atoms with Crippen LogP contribution in [0.25, 0.3) is 0 Å². The molecule has 7 heteroatoms. The summed E-state index contributed by atoms with van der Waals surface area (Å²) in [6, 6.07) is 3.52. The van der Waals surface area contributed by atoms with Gasteiger partial charge in [-0.15, -0.1) is 0 Å². The molecule has 0 aromatic carbocycles. The number of ether oxygens (including phenoxy) is 1.